The van der Waals surface area contributed by atoms with E-state index >= 15 is 0 Å². The summed E-state index contributed by atoms with van der Waals surface area (Å²) in [5, 5.41) is 2.53. The first-order chi connectivity index (χ1) is 24.2. The lowest BCUT2D eigenvalue weighted by Crippen LogP contribution is -2.22. The Balaban J connectivity index is 1.12. The fourth-order valence-electron chi connectivity index (χ4n) is 7.82. The van der Waals surface area contributed by atoms with E-state index in [0.717, 1.165) is 11.4 Å². The van der Waals surface area contributed by atoms with E-state index in [2.05, 4.69) is 206 Å². The van der Waals surface area contributed by atoms with Crippen LogP contribution in [0.25, 0.3) is 44.2 Å². The van der Waals surface area contributed by atoms with Gasteiger partial charge in [0.05, 0.1) is 5.69 Å². The minimum Gasteiger partial charge on any atom is -0.310 e. The van der Waals surface area contributed by atoms with Crippen LogP contribution in [0.1, 0.15) is 23.6 Å². The predicted molar refractivity (Wildman–Crippen MR) is 207 cm³/mol. The highest BCUT2D eigenvalue weighted by molar-refractivity contribution is 5.96. The molecule has 0 fully saturated rings. The normalized spacial score (nSPS) is 14.7. The third-order valence-corrected chi connectivity index (χ3v) is 10.3. The Morgan fingerprint density at radius 2 is 0.918 bits per heavy atom. The number of benzene rings is 8. The van der Waals surface area contributed by atoms with Crippen LogP contribution in [0.15, 0.2) is 194 Å². The average molecular weight is 626 g/mol. The first kappa shape index (κ1) is 29.0. The van der Waals surface area contributed by atoms with Crippen LogP contribution in [0.4, 0.5) is 17.1 Å². The van der Waals surface area contributed by atoms with Gasteiger partial charge < -0.3 is 4.90 Å². The van der Waals surface area contributed by atoms with Gasteiger partial charge in [0.2, 0.25) is 0 Å². The number of hydrogen-bond donors (Lipinski definition) is 0. The lowest BCUT2D eigenvalue weighted by molar-refractivity contribution is 0.714. The van der Waals surface area contributed by atoms with Crippen molar-refractivity contribution in [3.63, 3.8) is 0 Å². The Bertz CT molecular complexity index is 2430. The molecule has 0 heterocycles. The summed E-state index contributed by atoms with van der Waals surface area (Å²) >= 11 is 0. The lowest BCUT2D eigenvalue weighted by atomic mass is 9.74. The zero-order valence-corrected chi connectivity index (χ0v) is 27.4. The number of hydrogen-bond acceptors (Lipinski definition) is 1. The molecule has 0 aliphatic heterocycles. The molecule has 0 saturated heterocycles. The Kier molecular flexibility index (Phi) is 6.99. The quantitative estimate of drug-likeness (QED) is 0.178. The Morgan fingerprint density at radius 3 is 1.65 bits per heavy atom. The SMILES string of the molecule is CC1(c2ccccc2)c2ccccc2-c2c(N(c3ccccc3)c3ccc(-c4ccc(-c5ccc6ccccc6c5)cc4)cc3)cccc21. The molecule has 1 heteroatoms. The molecule has 1 aliphatic rings. The van der Waals surface area contributed by atoms with Crippen molar-refractivity contribution in [2.24, 2.45) is 0 Å². The molecule has 232 valence electrons. The standard InChI is InChI=1S/C48H35N/c1-48(40-15-4-2-5-16-40)44-20-11-10-19-43(44)47-45(48)21-12-22-46(47)49(41-17-6-3-7-18-41)42-31-29-36(30-32-42)35-23-25-37(26-24-35)39-28-27-34-13-8-9-14-38(34)33-39/h2-33H,1H3. The maximum atomic E-state index is 2.42. The Morgan fingerprint density at radius 1 is 0.388 bits per heavy atom. The molecular formula is C48H35N. The van der Waals surface area contributed by atoms with E-state index in [0.29, 0.717) is 0 Å². The van der Waals surface area contributed by atoms with Crippen molar-refractivity contribution in [2.45, 2.75) is 12.3 Å². The van der Waals surface area contributed by atoms with E-state index < -0.39 is 0 Å². The summed E-state index contributed by atoms with van der Waals surface area (Å²) in [4.78, 5) is 2.42. The van der Waals surface area contributed by atoms with Crippen LogP contribution in [0, 0.1) is 0 Å². The van der Waals surface area contributed by atoms with E-state index in [1.165, 1.54) is 66.5 Å². The van der Waals surface area contributed by atoms with Gasteiger partial charge in [-0.1, -0.05) is 158 Å². The molecule has 0 spiro atoms. The summed E-state index contributed by atoms with van der Waals surface area (Å²) in [5.74, 6) is 0. The van der Waals surface area contributed by atoms with Crippen LogP contribution in [-0.4, -0.2) is 0 Å². The number of para-hydroxylation sites is 1. The van der Waals surface area contributed by atoms with Gasteiger partial charge in [-0.05, 0) is 98.6 Å². The molecule has 8 aromatic carbocycles. The predicted octanol–water partition coefficient (Wildman–Crippen LogP) is 13.0. The maximum Gasteiger partial charge on any atom is 0.0543 e. The monoisotopic (exact) mass is 625 g/mol. The number of rotatable bonds is 6. The number of nitrogens with zero attached hydrogens (tertiary/aromatic N) is 1. The van der Waals surface area contributed by atoms with Crippen LogP contribution in [0.5, 0.6) is 0 Å². The molecule has 0 bridgehead atoms. The van der Waals surface area contributed by atoms with Gasteiger partial charge in [-0.15, -0.1) is 0 Å². The molecule has 0 N–H and O–H groups in total. The van der Waals surface area contributed by atoms with Crippen LogP contribution in [-0.2, 0) is 5.41 Å². The largest absolute Gasteiger partial charge is 0.310 e. The highest BCUT2D eigenvalue weighted by Crippen LogP contribution is 2.56. The molecule has 8 aromatic rings. The topological polar surface area (TPSA) is 3.24 Å². The van der Waals surface area contributed by atoms with Crippen molar-refractivity contribution >= 4 is 27.8 Å². The molecule has 0 radical (unpaired) electrons. The van der Waals surface area contributed by atoms with Crippen molar-refractivity contribution in [2.75, 3.05) is 4.90 Å². The molecular weight excluding hydrogens is 591 g/mol. The van der Waals surface area contributed by atoms with Crippen molar-refractivity contribution in [3.05, 3.63) is 211 Å². The van der Waals surface area contributed by atoms with Gasteiger partial charge in [0.25, 0.3) is 0 Å². The molecule has 1 aliphatic carbocycles. The molecule has 0 aromatic heterocycles. The Labute approximate surface area is 288 Å². The van der Waals surface area contributed by atoms with Crippen LogP contribution < -0.4 is 4.90 Å². The molecule has 1 unspecified atom stereocenters. The first-order valence-electron chi connectivity index (χ1n) is 17.0. The highest BCUT2D eigenvalue weighted by Gasteiger charge is 2.42. The number of anilines is 3. The van der Waals surface area contributed by atoms with Crippen molar-refractivity contribution in [1.29, 1.82) is 0 Å². The van der Waals surface area contributed by atoms with Gasteiger partial charge in [0, 0.05) is 22.4 Å². The summed E-state index contributed by atoms with van der Waals surface area (Å²) in [5.41, 5.74) is 14.6. The molecule has 0 amide bonds. The second-order valence-electron chi connectivity index (χ2n) is 13.1. The minimum absolute atomic E-state index is 0.256. The van der Waals surface area contributed by atoms with E-state index in [9.17, 15) is 0 Å². The third kappa shape index (κ3) is 4.86. The first-order valence-corrected chi connectivity index (χ1v) is 17.0. The fourth-order valence-corrected chi connectivity index (χ4v) is 7.82. The summed E-state index contributed by atoms with van der Waals surface area (Å²) in [6.07, 6.45) is 0. The zero-order valence-electron chi connectivity index (χ0n) is 27.4. The van der Waals surface area contributed by atoms with Crippen molar-refractivity contribution < 1.29 is 0 Å². The van der Waals surface area contributed by atoms with Crippen molar-refractivity contribution in [1.82, 2.24) is 0 Å². The molecule has 0 saturated carbocycles. The maximum absolute atomic E-state index is 2.42. The minimum atomic E-state index is -0.256. The number of fused-ring (bicyclic) bond motifs is 4. The highest BCUT2D eigenvalue weighted by atomic mass is 15.1. The van der Waals surface area contributed by atoms with Gasteiger partial charge in [0.1, 0.15) is 0 Å². The van der Waals surface area contributed by atoms with E-state index in [1.54, 1.807) is 0 Å². The van der Waals surface area contributed by atoms with Gasteiger partial charge in [0.15, 0.2) is 0 Å². The molecule has 1 nitrogen and oxygen atoms in total. The van der Waals surface area contributed by atoms with E-state index in [1.807, 2.05) is 0 Å². The van der Waals surface area contributed by atoms with Crippen LogP contribution in [0.2, 0.25) is 0 Å². The van der Waals surface area contributed by atoms with Crippen LogP contribution >= 0.6 is 0 Å². The summed E-state index contributed by atoms with van der Waals surface area (Å²) in [6.45, 7) is 2.38. The third-order valence-electron chi connectivity index (χ3n) is 10.3. The second-order valence-corrected chi connectivity index (χ2v) is 13.1. The van der Waals surface area contributed by atoms with Crippen LogP contribution in [0.3, 0.4) is 0 Å². The van der Waals surface area contributed by atoms with Gasteiger partial charge in [-0.25, -0.2) is 0 Å². The fraction of sp³-hybridized carbons (Fsp3) is 0.0417. The summed E-state index contributed by atoms with van der Waals surface area (Å²) in [7, 11) is 0. The molecule has 9 rings (SSSR count). The second kappa shape index (κ2) is 11.8. The average Bonchev–Trinajstić information content (AvgIpc) is 3.45. The summed E-state index contributed by atoms with van der Waals surface area (Å²) < 4.78 is 0. The Hall–Kier alpha value is -6.18. The van der Waals surface area contributed by atoms with Gasteiger partial charge >= 0.3 is 0 Å². The lowest BCUT2D eigenvalue weighted by Gasteiger charge is -2.30. The summed E-state index contributed by atoms with van der Waals surface area (Å²) in [6, 6.07) is 70.6. The van der Waals surface area contributed by atoms with E-state index in [4.69, 9.17) is 0 Å². The van der Waals surface area contributed by atoms with E-state index in [-0.39, 0.29) is 5.41 Å². The smallest absolute Gasteiger partial charge is 0.0543 e. The van der Waals surface area contributed by atoms with Gasteiger partial charge in [-0.2, -0.15) is 0 Å². The zero-order chi connectivity index (χ0) is 32.8. The van der Waals surface area contributed by atoms with Gasteiger partial charge in [-0.3, -0.25) is 0 Å². The molecule has 1 atom stereocenters. The van der Waals surface area contributed by atoms with Crippen molar-refractivity contribution in [3.8, 4) is 33.4 Å². The molecule has 49 heavy (non-hydrogen) atoms.